The van der Waals surface area contributed by atoms with Gasteiger partial charge in [-0.05, 0) is 58.8 Å². The number of benzene rings is 2. The molecule has 4 nitrogen and oxygen atoms in total. The molecule has 0 radical (unpaired) electrons. The van der Waals surface area contributed by atoms with Crippen molar-refractivity contribution in [1.82, 2.24) is 0 Å². The molecule has 0 saturated heterocycles. The smallest absolute Gasteiger partial charge is 0.222 e. The molecule has 152 valence electrons. The third kappa shape index (κ3) is 3.58. The molecule has 0 saturated carbocycles. The van der Waals surface area contributed by atoms with E-state index in [9.17, 15) is 13.2 Å². The van der Waals surface area contributed by atoms with E-state index in [4.69, 9.17) is 11.6 Å². The van der Waals surface area contributed by atoms with Gasteiger partial charge in [0.05, 0.1) is 10.6 Å². The van der Waals surface area contributed by atoms with Crippen molar-refractivity contribution in [2.75, 3.05) is 0 Å². The summed E-state index contributed by atoms with van der Waals surface area (Å²) in [4.78, 5) is 17.0. The number of halogens is 3. The number of ketones is 1. The van der Waals surface area contributed by atoms with Crippen LogP contribution in [0.3, 0.4) is 0 Å². The molecule has 8 heteroatoms. The minimum Gasteiger partial charge on any atom is -0.286 e. The van der Waals surface area contributed by atoms with Gasteiger partial charge in [-0.25, -0.2) is 13.4 Å². The van der Waals surface area contributed by atoms with E-state index in [-0.39, 0.29) is 16.5 Å². The van der Waals surface area contributed by atoms with Crippen LogP contribution in [-0.2, 0) is 14.6 Å². The van der Waals surface area contributed by atoms with Gasteiger partial charge in [0.2, 0.25) is 15.6 Å². The van der Waals surface area contributed by atoms with Crippen molar-refractivity contribution in [3.8, 4) is 0 Å². The monoisotopic (exact) mass is 565 g/mol. The normalized spacial score (nSPS) is 17.8. The van der Waals surface area contributed by atoms with Crippen LogP contribution in [0.4, 0.5) is 0 Å². The van der Waals surface area contributed by atoms with Crippen molar-refractivity contribution in [3.05, 3.63) is 96.4 Å². The highest BCUT2D eigenvalue weighted by molar-refractivity contribution is 9.11. The summed E-state index contributed by atoms with van der Waals surface area (Å²) in [6, 6.07) is 12.0. The van der Waals surface area contributed by atoms with Gasteiger partial charge in [-0.1, -0.05) is 57.9 Å². The minimum atomic E-state index is -4.12. The number of aliphatic imine (C=N–C) groups is 1. The van der Waals surface area contributed by atoms with Gasteiger partial charge >= 0.3 is 0 Å². The molecule has 0 spiro atoms. The Morgan fingerprint density at radius 2 is 1.87 bits per heavy atom. The minimum absolute atomic E-state index is 0.00513. The molecule has 1 aliphatic carbocycles. The number of Topliss-reactive ketones (excluding diaryl/α,β-unsaturated/α-hetero) is 1. The van der Waals surface area contributed by atoms with Gasteiger partial charge in [0.1, 0.15) is 10.6 Å². The summed E-state index contributed by atoms with van der Waals surface area (Å²) >= 11 is 12.8. The molecule has 0 aromatic heterocycles. The lowest BCUT2D eigenvalue weighted by atomic mass is 9.99. The molecule has 2 aliphatic rings. The van der Waals surface area contributed by atoms with E-state index in [1.165, 1.54) is 6.07 Å². The highest BCUT2D eigenvalue weighted by Gasteiger charge is 2.41. The van der Waals surface area contributed by atoms with Gasteiger partial charge in [-0.2, -0.15) is 0 Å². The van der Waals surface area contributed by atoms with Crippen molar-refractivity contribution in [3.63, 3.8) is 0 Å². The van der Waals surface area contributed by atoms with Crippen LogP contribution >= 0.6 is 43.5 Å². The number of fused-ring (bicyclic) bond motifs is 1. The quantitative estimate of drug-likeness (QED) is 0.413. The van der Waals surface area contributed by atoms with Crippen molar-refractivity contribution < 1.29 is 13.2 Å². The van der Waals surface area contributed by atoms with Gasteiger partial charge in [-0.3, -0.25) is 4.79 Å². The first-order valence-corrected chi connectivity index (χ1v) is 12.3. The zero-order valence-corrected chi connectivity index (χ0v) is 20.4. The highest BCUT2D eigenvalue weighted by atomic mass is 79.9. The summed E-state index contributed by atoms with van der Waals surface area (Å²) in [6.07, 6.45) is 1.64. The van der Waals surface area contributed by atoms with E-state index in [0.29, 0.717) is 19.7 Å². The third-order valence-electron chi connectivity index (χ3n) is 5.07. The fourth-order valence-electron chi connectivity index (χ4n) is 3.36. The summed E-state index contributed by atoms with van der Waals surface area (Å²) in [5.74, 6) is -0.734. The Bertz CT molecular complexity index is 1340. The van der Waals surface area contributed by atoms with Crippen LogP contribution in [0.2, 0.25) is 5.02 Å². The molecule has 4 rings (SSSR count). The van der Waals surface area contributed by atoms with Crippen molar-refractivity contribution in [2.24, 2.45) is 10.9 Å². The Hall–Kier alpha value is -1.80. The first-order valence-electron chi connectivity index (χ1n) is 8.82. The van der Waals surface area contributed by atoms with Crippen molar-refractivity contribution >= 4 is 64.8 Å². The zero-order valence-electron chi connectivity index (χ0n) is 15.6. The number of sulfone groups is 1. The Kier molecular flexibility index (Phi) is 5.51. The molecule has 2 aromatic rings. The van der Waals surface area contributed by atoms with E-state index in [2.05, 4.69) is 43.4 Å². The first kappa shape index (κ1) is 21.4. The second-order valence-corrected chi connectivity index (χ2v) is 11.0. The topological polar surface area (TPSA) is 63.6 Å². The third-order valence-corrected chi connectivity index (χ3v) is 8.59. The largest absolute Gasteiger partial charge is 0.286 e. The lowest BCUT2D eigenvalue weighted by Crippen LogP contribution is -2.19. The fraction of sp³-hybridized carbons (Fsp3) is 0.0909. The van der Waals surface area contributed by atoms with E-state index >= 15 is 0 Å². The summed E-state index contributed by atoms with van der Waals surface area (Å²) in [7, 11) is -4.12. The summed E-state index contributed by atoms with van der Waals surface area (Å²) in [6.45, 7) is 5.55. The van der Waals surface area contributed by atoms with E-state index in [1.54, 1.807) is 24.3 Å². The molecule has 0 bridgehead atoms. The fourth-order valence-corrected chi connectivity index (χ4v) is 6.21. The van der Waals surface area contributed by atoms with Gasteiger partial charge in [0, 0.05) is 25.4 Å². The van der Waals surface area contributed by atoms with Crippen LogP contribution in [0.1, 0.15) is 12.5 Å². The van der Waals surface area contributed by atoms with E-state index < -0.39 is 20.5 Å². The lowest BCUT2D eigenvalue weighted by Gasteiger charge is -2.15. The number of carbonyl (C=O) groups is 1. The number of rotatable bonds is 5. The number of carbonyl (C=O) groups excluding carboxylic acids is 1. The van der Waals surface area contributed by atoms with Crippen molar-refractivity contribution in [2.45, 2.75) is 11.8 Å². The maximum atomic E-state index is 13.1. The van der Waals surface area contributed by atoms with Crippen LogP contribution in [0.5, 0.6) is 0 Å². The average Bonchev–Trinajstić information content (AvgIpc) is 3.38. The summed E-state index contributed by atoms with van der Waals surface area (Å²) in [5.41, 5.74) is 3.44. The Morgan fingerprint density at radius 3 is 2.57 bits per heavy atom. The maximum Gasteiger partial charge on any atom is 0.222 e. The Balaban J connectivity index is 1.74. The molecule has 0 amide bonds. The maximum absolute atomic E-state index is 13.1. The molecule has 2 aromatic carbocycles. The molecule has 30 heavy (non-hydrogen) atoms. The predicted molar refractivity (Wildman–Crippen MR) is 125 cm³/mol. The number of allylic oxidation sites excluding steroid dienone is 4. The van der Waals surface area contributed by atoms with E-state index in [0.717, 1.165) is 16.7 Å². The molecule has 1 heterocycles. The van der Waals surface area contributed by atoms with Gasteiger partial charge in [-0.15, -0.1) is 0 Å². The molecule has 1 atom stereocenters. The summed E-state index contributed by atoms with van der Waals surface area (Å²) in [5, 5.41) is 0.522. The standard InChI is InChI=1S/C22H14Br2ClNO3S/c1-11-15-10-18(26-21(20(11)15)14-5-3-4-6-17(14)25)22(27)12(2)30(28,29)19-9-13(23)7-8-16(19)24/h3-10,20H,2H2,1H3. The summed E-state index contributed by atoms with van der Waals surface area (Å²) < 4.78 is 27.1. The molecule has 0 N–H and O–H groups in total. The molecule has 1 aliphatic heterocycles. The Morgan fingerprint density at radius 1 is 1.17 bits per heavy atom. The molecule has 1 unspecified atom stereocenters. The number of hydrogen-bond acceptors (Lipinski definition) is 4. The van der Waals surface area contributed by atoms with Gasteiger partial charge < -0.3 is 0 Å². The van der Waals surface area contributed by atoms with Crippen LogP contribution < -0.4 is 0 Å². The van der Waals surface area contributed by atoms with Crippen LogP contribution in [0.15, 0.2) is 95.7 Å². The zero-order chi connectivity index (χ0) is 21.8. The average molecular weight is 568 g/mol. The van der Waals surface area contributed by atoms with E-state index in [1.807, 2.05) is 25.1 Å². The highest BCUT2D eigenvalue weighted by Crippen LogP contribution is 2.47. The van der Waals surface area contributed by atoms with Crippen LogP contribution in [0.25, 0.3) is 0 Å². The lowest BCUT2D eigenvalue weighted by molar-refractivity contribution is -0.111. The second-order valence-electron chi connectivity index (χ2n) is 6.91. The SMILES string of the molecule is C=C(C(=O)C1=CC2=C(C)C2C(c2ccccc2Cl)=N1)S(=O)(=O)c1cc(Br)ccc1Br. The first-order chi connectivity index (χ1) is 14.1. The van der Waals surface area contributed by atoms with Gasteiger partial charge in [0.25, 0.3) is 0 Å². The van der Waals surface area contributed by atoms with Gasteiger partial charge in [0.15, 0.2) is 0 Å². The molecule has 0 fully saturated rings. The van der Waals surface area contributed by atoms with Crippen LogP contribution in [-0.4, -0.2) is 19.9 Å². The van der Waals surface area contributed by atoms with Crippen LogP contribution in [0, 0.1) is 5.92 Å². The predicted octanol–water partition coefficient (Wildman–Crippen LogP) is 6.05. The number of hydrogen-bond donors (Lipinski definition) is 0. The Labute approximate surface area is 196 Å². The molecular weight excluding hydrogens is 554 g/mol. The second kappa shape index (κ2) is 7.71. The number of nitrogens with zero attached hydrogens (tertiary/aromatic N) is 1. The molecular formula is C22H14Br2ClNO3S. The van der Waals surface area contributed by atoms with Crippen molar-refractivity contribution in [1.29, 1.82) is 0 Å².